The summed E-state index contributed by atoms with van der Waals surface area (Å²) in [7, 11) is 1.97. The van der Waals surface area contributed by atoms with E-state index >= 15 is 0 Å². The predicted octanol–water partition coefficient (Wildman–Crippen LogP) is 2.91. The Labute approximate surface area is 123 Å². The second-order valence-electron chi connectivity index (χ2n) is 5.90. The Kier molecular flexibility index (Phi) is 6.34. The molecule has 1 aliphatic heterocycles. The van der Waals surface area contributed by atoms with Crippen LogP contribution in [0, 0.1) is 5.92 Å². The van der Waals surface area contributed by atoms with Crippen LogP contribution < -0.4 is 10.1 Å². The molecule has 1 heterocycles. The van der Waals surface area contributed by atoms with Crippen LogP contribution in [-0.2, 0) is 6.54 Å². The number of benzene rings is 1. The molecule has 20 heavy (non-hydrogen) atoms. The van der Waals surface area contributed by atoms with Crippen LogP contribution in [0.2, 0.25) is 0 Å². The molecular weight excluding hydrogens is 248 g/mol. The van der Waals surface area contributed by atoms with E-state index in [9.17, 15) is 0 Å². The fourth-order valence-electron chi connectivity index (χ4n) is 2.79. The number of ether oxygens (including phenoxy) is 1. The Morgan fingerprint density at radius 1 is 1.30 bits per heavy atom. The van der Waals surface area contributed by atoms with E-state index in [-0.39, 0.29) is 0 Å². The maximum Gasteiger partial charge on any atom is 0.119 e. The summed E-state index contributed by atoms with van der Waals surface area (Å²) in [5.41, 5.74) is 1.27. The Morgan fingerprint density at radius 2 is 2.20 bits per heavy atom. The standard InChI is InChI=1S/C17H28N2O/c1-15-5-4-9-19(10-8-15)11-12-20-17-7-3-6-16(13-17)14-18-2/h3,6-7,13,15,18H,4-5,8-12,14H2,1-2H3. The van der Waals surface area contributed by atoms with Crippen LogP contribution in [0.1, 0.15) is 31.7 Å². The van der Waals surface area contributed by atoms with E-state index in [1.165, 1.54) is 37.9 Å². The van der Waals surface area contributed by atoms with Crippen LogP contribution in [-0.4, -0.2) is 38.2 Å². The summed E-state index contributed by atoms with van der Waals surface area (Å²) >= 11 is 0. The molecule has 2 rings (SSSR count). The van der Waals surface area contributed by atoms with Gasteiger partial charge in [0.25, 0.3) is 0 Å². The average molecular weight is 276 g/mol. The number of nitrogens with zero attached hydrogens (tertiary/aromatic N) is 1. The molecule has 112 valence electrons. The van der Waals surface area contributed by atoms with Crippen molar-refractivity contribution in [3.8, 4) is 5.75 Å². The molecule has 0 spiro atoms. The van der Waals surface area contributed by atoms with Gasteiger partial charge < -0.3 is 10.1 Å². The second-order valence-corrected chi connectivity index (χ2v) is 5.90. The van der Waals surface area contributed by atoms with Crippen LogP contribution in [0.5, 0.6) is 5.75 Å². The fraction of sp³-hybridized carbons (Fsp3) is 0.647. The number of rotatable bonds is 6. The van der Waals surface area contributed by atoms with Gasteiger partial charge in [-0.1, -0.05) is 19.1 Å². The molecule has 0 radical (unpaired) electrons. The normalized spacial score (nSPS) is 20.6. The molecule has 1 fully saturated rings. The lowest BCUT2D eigenvalue weighted by Gasteiger charge is -2.20. The zero-order valence-electron chi connectivity index (χ0n) is 12.9. The topological polar surface area (TPSA) is 24.5 Å². The fourth-order valence-corrected chi connectivity index (χ4v) is 2.79. The summed E-state index contributed by atoms with van der Waals surface area (Å²) in [6, 6.07) is 8.36. The predicted molar refractivity (Wildman–Crippen MR) is 84.2 cm³/mol. The van der Waals surface area contributed by atoms with Crippen LogP contribution in [0.4, 0.5) is 0 Å². The molecule has 0 amide bonds. The maximum atomic E-state index is 5.89. The van der Waals surface area contributed by atoms with Crippen molar-refractivity contribution in [2.75, 3.05) is 33.3 Å². The average Bonchev–Trinajstić information content (AvgIpc) is 2.65. The van der Waals surface area contributed by atoms with E-state index in [2.05, 4.69) is 35.3 Å². The summed E-state index contributed by atoms with van der Waals surface area (Å²) in [4.78, 5) is 2.54. The lowest BCUT2D eigenvalue weighted by molar-refractivity contribution is 0.212. The van der Waals surface area contributed by atoms with Crippen molar-refractivity contribution >= 4 is 0 Å². The Morgan fingerprint density at radius 3 is 3.05 bits per heavy atom. The van der Waals surface area contributed by atoms with Crippen LogP contribution in [0.25, 0.3) is 0 Å². The van der Waals surface area contributed by atoms with Crippen molar-refractivity contribution in [3.63, 3.8) is 0 Å². The van der Waals surface area contributed by atoms with Gasteiger partial charge in [-0.05, 0) is 63.0 Å². The third-order valence-electron chi connectivity index (χ3n) is 4.06. The Bertz CT molecular complexity index is 394. The van der Waals surface area contributed by atoms with Gasteiger partial charge in [-0.3, -0.25) is 4.90 Å². The highest BCUT2D eigenvalue weighted by molar-refractivity contribution is 5.28. The number of hydrogen-bond donors (Lipinski definition) is 1. The van der Waals surface area contributed by atoms with E-state index in [0.29, 0.717) is 0 Å². The van der Waals surface area contributed by atoms with Crippen molar-refractivity contribution in [2.45, 2.75) is 32.7 Å². The zero-order chi connectivity index (χ0) is 14.2. The van der Waals surface area contributed by atoms with Gasteiger partial charge in [0.15, 0.2) is 0 Å². The van der Waals surface area contributed by atoms with Crippen molar-refractivity contribution in [3.05, 3.63) is 29.8 Å². The van der Waals surface area contributed by atoms with Gasteiger partial charge in [-0.15, -0.1) is 0 Å². The van der Waals surface area contributed by atoms with Gasteiger partial charge >= 0.3 is 0 Å². The quantitative estimate of drug-likeness (QED) is 0.864. The molecule has 3 nitrogen and oxygen atoms in total. The molecule has 0 saturated carbocycles. The lowest BCUT2D eigenvalue weighted by Crippen LogP contribution is -2.29. The van der Waals surface area contributed by atoms with Crippen molar-refractivity contribution in [2.24, 2.45) is 5.92 Å². The van der Waals surface area contributed by atoms with Gasteiger partial charge in [-0.2, -0.15) is 0 Å². The highest BCUT2D eigenvalue weighted by Crippen LogP contribution is 2.17. The van der Waals surface area contributed by atoms with Gasteiger partial charge in [0.05, 0.1) is 0 Å². The first-order valence-corrected chi connectivity index (χ1v) is 7.86. The van der Waals surface area contributed by atoms with Crippen LogP contribution in [0.15, 0.2) is 24.3 Å². The summed E-state index contributed by atoms with van der Waals surface area (Å²) in [5.74, 6) is 1.88. The van der Waals surface area contributed by atoms with E-state index in [0.717, 1.165) is 31.4 Å². The summed E-state index contributed by atoms with van der Waals surface area (Å²) in [5, 5.41) is 3.17. The molecule has 0 aliphatic carbocycles. The molecule has 1 aromatic rings. The molecule has 3 heteroatoms. The highest BCUT2D eigenvalue weighted by atomic mass is 16.5. The van der Waals surface area contributed by atoms with E-state index in [1.54, 1.807) is 0 Å². The van der Waals surface area contributed by atoms with Crippen LogP contribution in [0.3, 0.4) is 0 Å². The van der Waals surface area contributed by atoms with E-state index in [1.807, 2.05) is 13.1 Å². The monoisotopic (exact) mass is 276 g/mol. The minimum Gasteiger partial charge on any atom is -0.492 e. The summed E-state index contributed by atoms with van der Waals surface area (Å²) in [6.07, 6.45) is 4.04. The third kappa shape index (κ3) is 5.14. The van der Waals surface area contributed by atoms with Gasteiger partial charge in [-0.25, -0.2) is 0 Å². The minimum atomic E-state index is 0.789. The molecule has 1 unspecified atom stereocenters. The molecule has 0 aromatic heterocycles. The van der Waals surface area contributed by atoms with Crippen molar-refractivity contribution in [1.82, 2.24) is 10.2 Å². The van der Waals surface area contributed by atoms with Gasteiger partial charge in [0.1, 0.15) is 12.4 Å². The molecule has 1 aromatic carbocycles. The van der Waals surface area contributed by atoms with Crippen molar-refractivity contribution < 1.29 is 4.74 Å². The number of likely N-dealkylation sites (tertiary alicyclic amines) is 1. The highest BCUT2D eigenvalue weighted by Gasteiger charge is 2.13. The van der Waals surface area contributed by atoms with Gasteiger partial charge in [0, 0.05) is 13.1 Å². The minimum absolute atomic E-state index is 0.789. The largest absolute Gasteiger partial charge is 0.492 e. The van der Waals surface area contributed by atoms with Crippen molar-refractivity contribution in [1.29, 1.82) is 0 Å². The first-order valence-electron chi connectivity index (χ1n) is 7.86. The number of hydrogen-bond acceptors (Lipinski definition) is 3. The molecular formula is C17H28N2O. The first kappa shape index (κ1) is 15.3. The molecule has 1 aliphatic rings. The molecule has 1 saturated heterocycles. The smallest absolute Gasteiger partial charge is 0.119 e. The Balaban J connectivity index is 1.73. The Hall–Kier alpha value is -1.06. The van der Waals surface area contributed by atoms with Crippen LogP contribution >= 0.6 is 0 Å². The molecule has 0 bridgehead atoms. The van der Waals surface area contributed by atoms with E-state index < -0.39 is 0 Å². The van der Waals surface area contributed by atoms with Gasteiger partial charge in [0.2, 0.25) is 0 Å². The van der Waals surface area contributed by atoms with E-state index in [4.69, 9.17) is 4.74 Å². The third-order valence-corrected chi connectivity index (χ3v) is 4.06. The maximum absolute atomic E-state index is 5.89. The summed E-state index contributed by atoms with van der Waals surface area (Å²) < 4.78 is 5.89. The molecule has 1 atom stereocenters. The SMILES string of the molecule is CNCc1cccc(OCCN2CCCC(C)CC2)c1. The zero-order valence-corrected chi connectivity index (χ0v) is 12.9. The molecule has 1 N–H and O–H groups in total. The first-order chi connectivity index (χ1) is 9.78. The second kappa shape index (κ2) is 8.28. The number of nitrogens with one attached hydrogen (secondary N) is 1. The summed E-state index contributed by atoms with van der Waals surface area (Å²) in [6.45, 7) is 7.55. The lowest BCUT2D eigenvalue weighted by atomic mass is 10.0.